The van der Waals surface area contributed by atoms with Crippen LogP contribution in [-0.2, 0) is 7.05 Å². The number of aryl methyl sites for hydroxylation is 1. The van der Waals surface area contributed by atoms with Crippen LogP contribution in [0.2, 0.25) is 0 Å². The quantitative estimate of drug-likeness (QED) is 0.543. The van der Waals surface area contributed by atoms with Crippen LogP contribution in [0, 0.1) is 0 Å². The zero-order chi connectivity index (χ0) is 16.8. The molecule has 126 valence electrons. The maximum absolute atomic E-state index is 4.71. The van der Waals surface area contributed by atoms with Gasteiger partial charge in [-0.3, -0.25) is 4.98 Å². The lowest BCUT2D eigenvalue weighted by molar-refractivity contribution is 0.647. The lowest BCUT2D eigenvalue weighted by Gasteiger charge is -2.35. The topological polar surface area (TPSA) is 75.9 Å². The van der Waals surface area contributed by atoms with E-state index in [0.717, 1.165) is 53.8 Å². The van der Waals surface area contributed by atoms with E-state index in [1.807, 2.05) is 30.1 Å². The molecule has 8 nitrogen and oxygen atoms in total. The second-order valence-electron chi connectivity index (χ2n) is 6.04. The van der Waals surface area contributed by atoms with Crippen LogP contribution in [0.15, 0.2) is 31.1 Å². The van der Waals surface area contributed by atoms with Crippen molar-refractivity contribution < 1.29 is 0 Å². The number of nitrogens with zero attached hydrogens (tertiary/aromatic N) is 8. The van der Waals surface area contributed by atoms with Crippen LogP contribution in [0.5, 0.6) is 0 Å². The van der Waals surface area contributed by atoms with Crippen molar-refractivity contribution in [3.8, 4) is 0 Å². The predicted molar refractivity (Wildman–Crippen MR) is 98.1 cm³/mol. The molecule has 0 unspecified atom stereocenters. The molecule has 0 atom stereocenters. The van der Waals surface area contributed by atoms with E-state index in [9.17, 15) is 0 Å². The summed E-state index contributed by atoms with van der Waals surface area (Å²) in [5.41, 5.74) is 2.70. The van der Waals surface area contributed by atoms with E-state index in [0.29, 0.717) is 0 Å². The molecule has 1 aliphatic rings. The molecule has 5 rings (SSSR count). The molecule has 0 N–H and O–H groups in total. The Morgan fingerprint density at radius 3 is 2.72 bits per heavy atom. The molecule has 9 heteroatoms. The molecule has 0 saturated carbocycles. The number of thiazole rings is 1. The lowest BCUT2D eigenvalue weighted by Crippen LogP contribution is -2.46. The van der Waals surface area contributed by atoms with Gasteiger partial charge in [0, 0.05) is 39.4 Å². The van der Waals surface area contributed by atoms with Gasteiger partial charge in [0.25, 0.3) is 0 Å². The van der Waals surface area contributed by atoms with Gasteiger partial charge < -0.3 is 14.4 Å². The van der Waals surface area contributed by atoms with Crippen LogP contribution in [0.3, 0.4) is 0 Å². The Kier molecular flexibility index (Phi) is 3.27. The van der Waals surface area contributed by atoms with Crippen LogP contribution in [0.4, 0.5) is 10.9 Å². The number of imidazole rings is 1. The molecule has 0 radical (unpaired) electrons. The fourth-order valence-electron chi connectivity index (χ4n) is 3.18. The van der Waals surface area contributed by atoms with Gasteiger partial charge >= 0.3 is 0 Å². The molecule has 5 heterocycles. The van der Waals surface area contributed by atoms with Crippen molar-refractivity contribution in [2.45, 2.75) is 0 Å². The molecule has 1 saturated heterocycles. The number of aromatic nitrogens is 6. The van der Waals surface area contributed by atoms with E-state index in [2.05, 4.69) is 29.7 Å². The first kappa shape index (κ1) is 14.5. The maximum Gasteiger partial charge on any atom is 0.186 e. The van der Waals surface area contributed by atoms with Gasteiger partial charge in [-0.25, -0.2) is 19.9 Å². The second-order valence-corrected chi connectivity index (χ2v) is 7.05. The maximum atomic E-state index is 4.71. The van der Waals surface area contributed by atoms with Crippen LogP contribution in [-0.4, -0.2) is 55.7 Å². The lowest BCUT2D eigenvalue weighted by atomic mass is 10.3. The Balaban J connectivity index is 1.38. The zero-order valence-corrected chi connectivity index (χ0v) is 14.5. The number of hydrogen-bond donors (Lipinski definition) is 0. The van der Waals surface area contributed by atoms with E-state index in [-0.39, 0.29) is 0 Å². The summed E-state index contributed by atoms with van der Waals surface area (Å²) in [6, 6.07) is 2.02. The average Bonchev–Trinajstić information content (AvgIpc) is 3.26. The number of anilines is 2. The van der Waals surface area contributed by atoms with Gasteiger partial charge in [0.2, 0.25) is 0 Å². The summed E-state index contributed by atoms with van der Waals surface area (Å²) in [5.74, 6) is 0.916. The summed E-state index contributed by atoms with van der Waals surface area (Å²) in [6.07, 6.45) is 7.04. The van der Waals surface area contributed by atoms with Crippen LogP contribution < -0.4 is 9.80 Å². The molecular weight excluding hydrogens is 336 g/mol. The largest absolute Gasteiger partial charge is 0.351 e. The number of hydrogen-bond acceptors (Lipinski definition) is 8. The first-order valence-electron chi connectivity index (χ1n) is 8.12. The Morgan fingerprint density at radius 1 is 1.04 bits per heavy atom. The van der Waals surface area contributed by atoms with E-state index < -0.39 is 0 Å². The first-order valence-corrected chi connectivity index (χ1v) is 8.94. The highest BCUT2D eigenvalue weighted by Crippen LogP contribution is 2.29. The minimum Gasteiger partial charge on any atom is -0.351 e. The van der Waals surface area contributed by atoms with E-state index in [1.54, 1.807) is 24.0 Å². The summed E-state index contributed by atoms with van der Waals surface area (Å²) in [6.45, 7) is 3.59. The molecule has 1 aliphatic heterocycles. The molecule has 25 heavy (non-hydrogen) atoms. The van der Waals surface area contributed by atoms with Crippen molar-refractivity contribution >= 4 is 43.7 Å². The van der Waals surface area contributed by atoms with Gasteiger partial charge in [-0.05, 0) is 6.07 Å². The molecule has 4 aromatic heterocycles. The van der Waals surface area contributed by atoms with Gasteiger partial charge in [-0.1, -0.05) is 11.3 Å². The van der Waals surface area contributed by atoms with Crippen LogP contribution >= 0.6 is 11.3 Å². The van der Waals surface area contributed by atoms with Crippen molar-refractivity contribution in [3.05, 3.63) is 31.1 Å². The Labute approximate surface area is 147 Å². The van der Waals surface area contributed by atoms with Gasteiger partial charge in [0.1, 0.15) is 11.8 Å². The predicted octanol–water partition coefficient (Wildman–Crippen LogP) is 1.69. The van der Waals surface area contributed by atoms with Crippen molar-refractivity contribution in [2.75, 3.05) is 36.0 Å². The zero-order valence-electron chi connectivity index (χ0n) is 13.7. The minimum absolute atomic E-state index is 0.865. The number of fused-ring (bicyclic) bond motifs is 2. The summed E-state index contributed by atoms with van der Waals surface area (Å²) < 4.78 is 3.10. The Morgan fingerprint density at radius 2 is 1.88 bits per heavy atom. The fraction of sp³-hybridized carbons (Fsp3) is 0.312. The standard InChI is InChI=1S/C16H16N8S/c1-22-10-20-13-14(22)18-9-19-15(13)23-4-6-24(7-5-23)16-21-11-8-17-3-2-12(11)25-16/h2-3,8-10H,4-7H2,1H3. The number of pyridine rings is 1. The van der Waals surface area contributed by atoms with Crippen molar-refractivity contribution in [1.82, 2.24) is 29.5 Å². The number of piperazine rings is 1. The summed E-state index contributed by atoms with van der Waals surface area (Å²) in [5, 5.41) is 1.06. The van der Waals surface area contributed by atoms with Crippen molar-refractivity contribution in [2.24, 2.45) is 7.05 Å². The van der Waals surface area contributed by atoms with E-state index in [4.69, 9.17) is 4.98 Å². The molecule has 0 spiro atoms. The minimum atomic E-state index is 0.865. The van der Waals surface area contributed by atoms with Gasteiger partial charge in [-0.2, -0.15) is 0 Å². The number of rotatable bonds is 2. The molecular formula is C16H16N8S. The highest BCUT2D eigenvalue weighted by atomic mass is 32.1. The van der Waals surface area contributed by atoms with Gasteiger partial charge in [0.05, 0.1) is 17.2 Å². The first-order chi connectivity index (χ1) is 12.3. The Bertz CT molecular complexity index is 1010. The smallest absolute Gasteiger partial charge is 0.186 e. The van der Waals surface area contributed by atoms with Crippen molar-refractivity contribution in [3.63, 3.8) is 0 Å². The van der Waals surface area contributed by atoms with Crippen LogP contribution in [0.1, 0.15) is 0 Å². The third kappa shape index (κ3) is 2.39. The SMILES string of the molecule is Cn1cnc2c(N3CCN(c4nc5cnccc5s4)CC3)ncnc21. The molecule has 0 aromatic carbocycles. The third-order valence-corrected chi connectivity index (χ3v) is 5.60. The molecule has 0 amide bonds. The molecule has 0 aliphatic carbocycles. The summed E-state index contributed by atoms with van der Waals surface area (Å²) in [4.78, 5) is 26.7. The Hall–Kier alpha value is -2.81. The summed E-state index contributed by atoms with van der Waals surface area (Å²) in [7, 11) is 1.95. The van der Waals surface area contributed by atoms with Gasteiger partial charge in [-0.15, -0.1) is 0 Å². The molecule has 0 bridgehead atoms. The van der Waals surface area contributed by atoms with E-state index >= 15 is 0 Å². The van der Waals surface area contributed by atoms with E-state index in [1.165, 1.54) is 4.70 Å². The van der Waals surface area contributed by atoms with Crippen molar-refractivity contribution in [1.29, 1.82) is 0 Å². The average molecular weight is 352 g/mol. The van der Waals surface area contributed by atoms with Crippen LogP contribution in [0.25, 0.3) is 21.4 Å². The molecule has 1 fully saturated rings. The second kappa shape index (κ2) is 5.62. The summed E-state index contributed by atoms with van der Waals surface area (Å²) >= 11 is 1.72. The third-order valence-electron chi connectivity index (χ3n) is 4.51. The molecule has 4 aromatic rings. The van der Waals surface area contributed by atoms with Gasteiger partial charge in [0.15, 0.2) is 22.1 Å². The fourth-order valence-corrected chi connectivity index (χ4v) is 4.16. The normalized spacial score (nSPS) is 15.4. The highest BCUT2D eigenvalue weighted by Gasteiger charge is 2.23. The monoisotopic (exact) mass is 352 g/mol. The highest BCUT2D eigenvalue weighted by molar-refractivity contribution is 7.22.